The van der Waals surface area contributed by atoms with E-state index >= 15 is 0 Å². The molecule has 1 atom stereocenters. The molecule has 1 amide bonds. The molecule has 0 saturated carbocycles. The minimum absolute atomic E-state index is 0.0110. The number of ether oxygens (including phenoxy) is 1. The van der Waals surface area contributed by atoms with E-state index in [4.69, 9.17) is 14.6 Å². The number of hydrogen-bond acceptors (Lipinski definition) is 3. The molecule has 1 aliphatic rings. The summed E-state index contributed by atoms with van der Waals surface area (Å²) in [6.45, 7) is 2.55. The summed E-state index contributed by atoms with van der Waals surface area (Å²) in [5.41, 5.74) is 0. The van der Waals surface area contributed by atoms with Crippen molar-refractivity contribution < 1.29 is 19.4 Å². The molecule has 64 valence electrons. The van der Waals surface area contributed by atoms with Gasteiger partial charge in [-0.05, 0) is 6.92 Å². The summed E-state index contributed by atoms with van der Waals surface area (Å²) in [6, 6.07) is 0. The van der Waals surface area contributed by atoms with E-state index in [1.165, 1.54) is 0 Å². The largest absolute Gasteiger partial charge is 0.483 e. The third-order valence-corrected chi connectivity index (χ3v) is 1.09. The predicted octanol–water partition coefficient (Wildman–Crippen LogP) is -0.778. The number of amides is 1. The van der Waals surface area contributed by atoms with Crippen molar-refractivity contribution in [2.45, 2.75) is 13.0 Å². The molecule has 0 aromatic heterocycles. The number of hydrogen-bond donors (Lipinski definition) is 2. The maximum atomic E-state index is 10.4. The van der Waals surface area contributed by atoms with Crippen molar-refractivity contribution in [2.24, 2.45) is 0 Å². The summed E-state index contributed by atoms with van der Waals surface area (Å²) < 4.78 is 4.98. The summed E-state index contributed by atoms with van der Waals surface area (Å²) in [7, 11) is 0. The number of nitrogens with one attached hydrogen (secondary N) is 1. The molecule has 1 heterocycles. The van der Waals surface area contributed by atoms with Gasteiger partial charge in [-0.25, -0.2) is 0 Å². The highest BCUT2D eigenvalue weighted by molar-refractivity contribution is 5.77. The Morgan fingerprint density at radius 1 is 1.82 bits per heavy atom. The SMILES string of the molecule is CC1CNC(=O)CO1.O=CO. The zero-order chi connectivity index (χ0) is 8.69. The van der Waals surface area contributed by atoms with Crippen LogP contribution < -0.4 is 5.32 Å². The van der Waals surface area contributed by atoms with Gasteiger partial charge in [-0.15, -0.1) is 0 Å². The van der Waals surface area contributed by atoms with E-state index in [1.54, 1.807) is 0 Å². The van der Waals surface area contributed by atoms with Gasteiger partial charge in [-0.1, -0.05) is 0 Å². The Balaban J connectivity index is 0.000000292. The van der Waals surface area contributed by atoms with Gasteiger partial charge in [-0.2, -0.15) is 0 Å². The highest BCUT2D eigenvalue weighted by atomic mass is 16.5. The fraction of sp³-hybridized carbons (Fsp3) is 0.667. The Morgan fingerprint density at radius 2 is 2.36 bits per heavy atom. The molecule has 0 aromatic rings. The topological polar surface area (TPSA) is 75.6 Å². The molecule has 0 aromatic carbocycles. The van der Waals surface area contributed by atoms with E-state index in [9.17, 15) is 4.79 Å². The summed E-state index contributed by atoms with van der Waals surface area (Å²) in [5, 5.41) is 9.56. The molecule has 5 nitrogen and oxygen atoms in total. The van der Waals surface area contributed by atoms with E-state index in [0.29, 0.717) is 6.54 Å². The smallest absolute Gasteiger partial charge is 0.290 e. The molecular formula is C6H11NO4. The van der Waals surface area contributed by atoms with E-state index < -0.39 is 0 Å². The van der Waals surface area contributed by atoms with E-state index in [0.717, 1.165) is 0 Å². The van der Waals surface area contributed by atoms with Gasteiger partial charge in [-0.3, -0.25) is 9.59 Å². The van der Waals surface area contributed by atoms with Crippen molar-refractivity contribution in [3.05, 3.63) is 0 Å². The maximum Gasteiger partial charge on any atom is 0.290 e. The lowest BCUT2D eigenvalue weighted by Gasteiger charge is -2.18. The van der Waals surface area contributed by atoms with Crippen LogP contribution >= 0.6 is 0 Å². The Kier molecular flexibility index (Phi) is 5.10. The Labute approximate surface area is 64.3 Å². The van der Waals surface area contributed by atoms with Crippen molar-refractivity contribution in [1.29, 1.82) is 0 Å². The molecule has 2 N–H and O–H groups in total. The molecule has 1 unspecified atom stereocenters. The van der Waals surface area contributed by atoms with Crippen molar-refractivity contribution in [3.63, 3.8) is 0 Å². The molecule has 0 aliphatic carbocycles. The number of rotatable bonds is 0. The van der Waals surface area contributed by atoms with Crippen LogP contribution in [0.1, 0.15) is 6.92 Å². The van der Waals surface area contributed by atoms with Crippen molar-refractivity contribution in [3.8, 4) is 0 Å². The van der Waals surface area contributed by atoms with Crippen LogP contribution in [-0.2, 0) is 14.3 Å². The fourth-order valence-electron chi connectivity index (χ4n) is 0.585. The van der Waals surface area contributed by atoms with Crippen LogP contribution in [0.25, 0.3) is 0 Å². The summed E-state index contributed by atoms with van der Waals surface area (Å²) >= 11 is 0. The standard InChI is InChI=1S/C5H9NO2.CH2O2/c1-4-2-6-5(7)3-8-4;2-1-3/h4H,2-3H2,1H3,(H,6,7);1H,(H,2,3). The Bertz CT molecular complexity index is 127. The van der Waals surface area contributed by atoms with Crippen LogP contribution in [0.3, 0.4) is 0 Å². The van der Waals surface area contributed by atoms with E-state index in [2.05, 4.69) is 5.32 Å². The fourth-order valence-corrected chi connectivity index (χ4v) is 0.585. The first-order valence-electron chi connectivity index (χ1n) is 3.17. The average Bonchev–Trinajstić information content (AvgIpc) is 1.97. The van der Waals surface area contributed by atoms with Gasteiger partial charge in [0.1, 0.15) is 6.61 Å². The second-order valence-electron chi connectivity index (χ2n) is 2.03. The van der Waals surface area contributed by atoms with Gasteiger partial charge >= 0.3 is 0 Å². The number of carbonyl (C=O) groups excluding carboxylic acids is 1. The normalized spacial score (nSPS) is 22.6. The lowest BCUT2D eigenvalue weighted by molar-refractivity contribution is -0.132. The van der Waals surface area contributed by atoms with Gasteiger partial charge < -0.3 is 15.2 Å². The van der Waals surface area contributed by atoms with Crippen LogP contribution in [0.15, 0.2) is 0 Å². The summed E-state index contributed by atoms with van der Waals surface area (Å²) in [5.74, 6) is -0.0110. The maximum absolute atomic E-state index is 10.4. The van der Waals surface area contributed by atoms with Crippen LogP contribution in [0.4, 0.5) is 0 Å². The molecule has 5 heteroatoms. The Morgan fingerprint density at radius 3 is 2.64 bits per heavy atom. The monoisotopic (exact) mass is 161 g/mol. The van der Waals surface area contributed by atoms with Crippen LogP contribution in [0, 0.1) is 0 Å². The quantitative estimate of drug-likeness (QED) is 0.457. The zero-order valence-electron chi connectivity index (χ0n) is 6.24. The van der Waals surface area contributed by atoms with Gasteiger partial charge in [0.2, 0.25) is 5.91 Å². The third kappa shape index (κ3) is 5.35. The van der Waals surface area contributed by atoms with Crippen molar-refractivity contribution >= 4 is 12.4 Å². The number of carboxylic acid groups (broad SMARTS) is 1. The lowest BCUT2D eigenvalue weighted by atomic mass is 10.3. The second-order valence-corrected chi connectivity index (χ2v) is 2.03. The predicted molar refractivity (Wildman–Crippen MR) is 37.1 cm³/mol. The molecule has 0 spiro atoms. The van der Waals surface area contributed by atoms with Crippen molar-refractivity contribution in [1.82, 2.24) is 5.32 Å². The highest BCUT2D eigenvalue weighted by Gasteiger charge is 2.12. The van der Waals surface area contributed by atoms with E-state index in [1.807, 2.05) is 6.92 Å². The molecule has 1 saturated heterocycles. The molecule has 11 heavy (non-hydrogen) atoms. The van der Waals surface area contributed by atoms with Gasteiger partial charge in [0, 0.05) is 6.54 Å². The first-order chi connectivity index (χ1) is 5.20. The van der Waals surface area contributed by atoms with Crippen LogP contribution in [0.5, 0.6) is 0 Å². The number of morpholine rings is 1. The summed E-state index contributed by atoms with van der Waals surface area (Å²) in [6.07, 6.45) is 0.188. The molecule has 0 bridgehead atoms. The molecule has 1 rings (SSSR count). The first kappa shape index (κ1) is 9.90. The summed E-state index contributed by atoms with van der Waals surface area (Å²) in [4.78, 5) is 18.7. The molecule has 1 fully saturated rings. The molecule has 1 aliphatic heterocycles. The number of carbonyl (C=O) groups is 2. The van der Waals surface area contributed by atoms with Gasteiger partial charge in [0.15, 0.2) is 0 Å². The molecule has 0 radical (unpaired) electrons. The van der Waals surface area contributed by atoms with E-state index in [-0.39, 0.29) is 25.1 Å². The van der Waals surface area contributed by atoms with Gasteiger partial charge in [0.25, 0.3) is 6.47 Å². The Hall–Kier alpha value is -1.10. The van der Waals surface area contributed by atoms with Crippen LogP contribution in [-0.4, -0.2) is 36.7 Å². The second kappa shape index (κ2) is 5.67. The molecular weight excluding hydrogens is 150 g/mol. The minimum Gasteiger partial charge on any atom is -0.483 e. The highest BCUT2D eigenvalue weighted by Crippen LogP contribution is 1.92. The van der Waals surface area contributed by atoms with Crippen molar-refractivity contribution in [2.75, 3.05) is 13.2 Å². The average molecular weight is 161 g/mol. The lowest BCUT2D eigenvalue weighted by Crippen LogP contribution is -2.41. The minimum atomic E-state index is -0.250. The van der Waals surface area contributed by atoms with Gasteiger partial charge in [0.05, 0.1) is 6.10 Å². The first-order valence-corrected chi connectivity index (χ1v) is 3.17. The zero-order valence-corrected chi connectivity index (χ0v) is 6.24. The third-order valence-electron chi connectivity index (χ3n) is 1.09. The van der Waals surface area contributed by atoms with Crippen LogP contribution in [0.2, 0.25) is 0 Å².